The maximum atomic E-state index is 11.4. The molecular weight excluding hydrogens is 124 g/mol. The van der Waals surface area contributed by atoms with Gasteiger partial charge in [0, 0.05) is 11.8 Å². The molecule has 0 amide bonds. The summed E-state index contributed by atoms with van der Waals surface area (Å²) < 4.78 is 0. The summed E-state index contributed by atoms with van der Waals surface area (Å²) in [6, 6.07) is 0. The van der Waals surface area contributed by atoms with E-state index in [0.717, 1.165) is 12.3 Å². The van der Waals surface area contributed by atoms with Gasteiger partial charge >= 0.3 is 0 Å². The van der Waals surface area contributed by atoms with E-state index in [-0.39, 0.29) is 0 Å². The SMILES string of the molecule is CC[C@H]1CC[C@@H]2C[C@@H]2C1=O. The van der Waals surface area contributed by atoms with Crippen molar-refractivity contribution in [3.05, 3.63) is 0 Å². The zero-order valence-corrected chi connectivity index (χ0v) is 6.47. The molecule has 10 heavy (non-hydrogen) atoms. The maximum Gasteiger partial charge on any atom is 0.139 e. The molecule has 2 saturated carbocycles. The van der Waals surface area contributed by atoms with Gasteiger partial charge in [-0.1, -0.05) is 6.92 Å². The fourth-order valence-electron chi connectivity index (χ4n) is 2.18. The van der Waals surface area contributed by atoms with Crippen molar-refractivity contribution in [2.75, 3.05) is 0 Å². The average molecular weight is 138 g/mol. The van der Waals surface area contributed by atoms with Crippen molar-refractivity contribution in [2.24, 2.45) is 17.8 Å². The van der Waals surface area contributed by atoms with Crippen molar-refractivity contribution in [2.45, 2.75) is 32.6 Å². The Bertz CT molecular complexity index is 162. The Balaban J connectivity index is 2.04. The molecule has 0 aliphatic heterocycles. The zero-order valence-electron chi connectivity index (χ0n) is 6.47. The van der Waals surface area contributed by atoms with Gasteiger partial charge in [-0.15, -0.1) is 0 Å². The van der Waals surface area contributed by atoms with Crippen LogP contribution in [-0.4, -0.2) is 5.78 Å². The van der Waals surface area contributed by atoms with Crippen LogP contribution in [0.5, 0.6) is 0 Å². The number of ketones is 1. The van der Waals surface area contributed by atoms with Crippen molar-refractivity contribution in [3.8, 4) is 0 Å². The van der Waals surface area contributed by atoms with Crippen LogP contribution in [0.4, 0.5) is 0 Å². The van der Waals surface area contributed by atoms with Gasteiger partial charge in [0.25, 0.3) is 0 Å². The van der Waals surface area contributed by atoms with Crippen LogP contribution in [-0.2, 0) is 4.79 Å². The summed E-state index contributed by atoms with van der Waals surface area (Å²) in [6.45, 7) is 2.13. The second-order valence-corrected chi connectivity index (χ2v) is 3.69. The van der Waals surface area contributed by atoms with Crippen molar-refractivity contribution in [1.29, 1.82) is 0 Å². The van der Waals surface area contributed by atoms with Gasteiger partial charge in [0.05, 0.1) is 0 Å². The van der Waals surface area contributed by atoms with Gasteiger partial charge in [0.1, 0.15) is 5.78 Å². The molecule has 2 fully saturated rings. The van der Waals surface area contributed by atoms with E-state index < -0.39 is 0 Å². The molecule has 3 atom stereocenters. The molecule has 0 saturated heterocycles. The second kappa shape index (κ2) is 2.08. The molecule has 0 N–H and O–H groups in total. The monoisotopic (exact) mass is 138 g/mol. The van der Waals surface area contributed by atoms with Gasteiger partial charge in [0.2, 0.25) is 0 Å². The normalized spacial score (nSPS) is 44.9. The lowest BCUT2D eigenvalue weighted by Gasteiger charge is -2.17. The Hall–Kier alpha value is -0.330. The van der Waals surface area contributed by atoms with Gasteiger partial charge in [-0.2, -0.15) is 0 Å². The van der Waals surface area contributed by atoms with Crippen molar-refractivity contribution >= 4 is 5.78 Å². The Morgan fingerprint density at radius 1 is 1.50 bits per heavy atom. The Morgan fingerprint density at radius 3 is 3.00 bits per heavy atom. The smallest absolute Gasteiger partial charge is 0.139 e. The molecule has 2 aliphatic rings. The number of carbonyl (C=O) groups excluding carboxylic acids is 1. The van der Waals surface area contributed by atoms with Gasteiger partial charge in [-0.25, -0.2) is 0 Å². The van der Waals surface area contributed by atoms with E-state index >= 15 is 0 Å². The Labute approximate surface area is 61.8 Å². The topological polar surface area (TPSA) is 17.1 Å². The predicted molar refractivity (Wildman–Crippen MR) is 39.6 cm³/mol. The van der Waals surface area contributed by atoms with Crippen LogP contribution in [0.2, 0.25) is 0 Å². The van der Waals surface area contributed by atoms with Crippen LogP contribution in [0.25, 0.3) is 0 Å². The van der Waals surface area contributed by atoms with E-state index in [0.29, 0.717) is 17.6 Å². The number of hydrogen-bond acceptors (Lipinski definition) is 1. The van der Waals surface area contributed by atoms with Crippen molar-refractivity contribution in [1.82, 2.24) is 0 Å². The van der Waals surface area contributed by atoms with E-state index in [1.165, 1.54) is 19.3 Å². The molecule has 1 nitrogen and oxygen atoms in total. The number of Topliss-reactive ketones (excluding diaryl/α,β-unsaturated/α-hetero) is 1. The molecule has 2 aliphatic carbocycles. The summed E-state index contributed by atoms with van der Waals surface area (Å²) in [4.78, 5) is 11.4. The molecule has 56 valence electrons. The highest BCUT2D eigenvalue weighted by Crippen LogP contribution is 2.49. The third-order valence-corrected chi connectivity index (χ3v) is 3.07. The lowest BCUT2D eigenvalue weighted by Crippen LogP contribution is -2.20. The van der Waals surface area contributed by atoms with Crippen LogP contribution in [0.1, 0.15) is 32.6 Å². The molecule has 2 rings (SSSR count). The summed E-state index contributed by atoms with van der Waals surface area (Å²) in [5, 5.41) is 0. The molecule has 0 radical (unpaired) electrons. The predicted octanol–water partition coefficient (Wildman–Crippen LogP) is 2.01. The molecule has 0 heterocycles. The van der Waals surface area contributed by atoms with Gasteiger partial charge in [-0.05, 0) is 31.6 Å². The number of rotatable bonds is 1. The van der Waals surface area contributed by atoms with Gasteiger partial charge in [0.15, 0.2) is 0 Å². The summed E-state index contributed by atoms with van der Waals surface area (Å²) in [5.41, 5.74) is 0. The lowest BCUT2D eigenvalue weighted by atomic mass is 9.86. The standard InChI is InChI=1S/C9H14O/c1-2-6-3-4-7-5-8(7)9(6)10/h6-8H,2-5H2,1H3/t6-,7+,8-/m0/s1. The zero-order chi connectivity index (χ0) is 7.14. The highest BCUT2D eigenvalue weighted by molar-refractivity contribution is 5.86. The molecule has 1 heteroatoms. The first kappa shape index (κ1) is 6.38. The first-order chi connectivity index (χ1) is 4.83. The summed E-state index contributed by atoms with van der Waals surface area (Å²) in [5.74, 6) is 2.34. The minimum absolute atomic E-state index is 0.434. The number of carbonyl (C=O) groups is 1. The lowest BCUT2D eigenvalue weighted by molar-refractivity contribution is -0.125. The second-order valence-electron chi connectivity index (χ2n) is 3.69. The first-order valence-electron chi connectivity index (χ1n) is 4.36. The van der Waals surface area contributed by atoms with E-state index in [1.807, 2.05) is 0 Å². The molecule has 0 aromatic carbocycles. The van der Waals surface area contributed by atoms with Crippen molar-refractivity contribution < 1.29 is 4.79 Å². The van der Waals surface area contributed by atoms with Gasteiger partial charge < -0.3 is 0 Å². The molecule has 0 spiro atoms. The minimum atomic E-state index is 0.434. The van der Waals surface area contributed by atoms with Gasteiger partial charge in [-0.3, -0.25) is 4.79 Å². The fourth-order valence-corrected chi connectivity index (χ4v) is 2.18. The van der Waals surface area contributed by atoms with E-state index in [1.54, 1.807) is 0 Å². The largest absolute Gasteiger partial charge is 0.299 e. The number of hydrogen-bond donors (Lipinski definition) is 0. The molecule has 0 bridgehead atoms. The van der Waals surface area contributed by atoms with Crippen molar-refractivity contribution in [3.63, 3.8) is 0 Å². The summed E-state index contributed by atoms with van der Waals surface area (Å²) in [6.07, 6.45) is 4.79. The molecule has 0 aromatic heterocycles. The summed E-state index contributed by atoms with van der Waals surface area (Å²) in [7, 11) is 0. The van der Waals surface area contributed by atoms with E-state index in [4.69, 9.17) is 0 Å². The van der Waals surface area contributed by atoms with Crippen LogP contribution in [0.3, 0.4) is 0 Å². The van der Waals surface area contributed by atoms with Crippen LogP contribution in [0, 0.1) is 17.8 Å². The Morgan fingerprint density at radius 2 is 2.30 bits per heavy atom. The van der Waals surface area contributed by atoms with Crippen LogP contribution in [0.15, 0.2) is 0 Å². The molecule has 0 unspecified atom stereocenters. The van der Waals surface area contributed by atoms with Crippen LogP contribution >= 0.6 is 0 Å². The third-order valence-electron chi connectivity index (χ3n) is 3.07. The number of fused-ring (bicyclic) bond motifs is 1. The highest BCUT2D eigenvalue weighted by atomic mass is 16.1. The molecular formula is C9H14O. The quantitative estimate of drug-likeness (QED) is 0.541. The minimum Gasteiger partial charge on any atom is -0.299 e. The highest BCUT2D eigenvalue weighted by Gasteiger charge is 2.47. The first-order valence-corrected chi connectivity index (χ1v) is 4.36. The molecule has 0 aromatic rings. The fraction of sp³-hybridized carbons (Fsp3) is 0.889. The average Bonchev–Trinajstić information content (AvgIpc) is 2.68. The van der Waals surface area contributed by atoms with Crippen LogP contribution < -0.4 is 0 Å². The third kappa shape index (κ3) is 0.799. The van der Waals surface area contributed by atoms with E-state index in [2.05, 4.69) is 6.92 Å². The van der Waals surface area contributed by atoms with E-state index in [9.17, 15) is 4.79 Å². The summed E-state index contributed by atoms with van der Waals surface area (Å²) >= 11 is 0. The maximum absolute atomic E-state index is 11.4. The Kier molecular flexibility index (Phi) is 1.33.